The third-order valence-electron chi connectivity index (χ3n) is 5.50. The third-order valence-corrected chi connectivity index (χ3v) is 7.23. The summed E-state index contributed by atoms with van der Waals surface area (Å²) >= 11 is 5.83. The standard InChI is InChI=1S/C22H29ClN6O2S/c23-20-10-12-21(13-11-20)32(30,31)25-16-2-1-5-18(9-14-22-26-28-29-27-22)6-3-7-19-8-4-15-24-17-19/h4,8,10-13,15,17-18,22,25H,1-3,5-7,9,14,16H2. The lowest BCUT2D eigenvalue weighted by Gasteiger charge is -2.17. The van der Waals surface area contributed by atoms with Gasteiger partial charge in [0.05, 0.1) is 4.90 Å². The molecular weight excluding hydrogens is 448 g/mol. The Labute approximate surface area is 194 Å². The van der Waals surface area contributed by atoms with Crippen molar-refractivity contribution in [3.05, 3.63) is 59.4 Å². The van der Waals surface area contributed by atoms with Gasteiger partial charge in [-0.25, -0.2) is 13.1 Å². The molecule has 1 aliphatic rings. The summed E-state index contributed by atoms with van der Waals surface area (Å²) in [6.07, 6.45) is 11.4. The molecule has 0 saturated carbocycles. The minimum Gasteiger partial charge on any atom is -0.264 e. The molecule has 0 amide bonds. The van der Waals surface area contributed by atoms with E-state index in [0.29, 0.717) is 17.5 Å². The molecule has 172 valence electrons. The second kappa shape index (κ2) is 12.7. The van der Waals surface area contributed by atoms with Crippen LogP contribution in [-0.2, 0) is 16.4 Å². The normalized spacial score (nSPS) is 14.8. The van der Waals surface area contributed by atoms with Crippen LogP contribution in [0.3, 0.4) is 0 Å². The van der Waals surface area contributed by atoms with E-state index in [9.17, 15) is 8.42 Å². The van der Waals surface area contributed by atoms with Crippen molar-refractivity contribution in [2.24, 2.45) is 26.6 Å². The summed E-state index contributed by atoms with van der Waals surface area (Å²) in [4.78, 5) is 4.41. The van der Waals surface area contributed by atoms with Crippen LogP contribution in [0.5, 0.6) is 0 Å². The van der Waals surface area contributed by atoms with E-state index in [1.165, 1.54) is 17.7 Å². The third kappa shape index (κ3) is 8.37. The summed E-state index contributed by atoms with van der Waals surface area (Å²) < 4.78 is 27.4. The number of sulfonamides is 1. The molecule has 0 aliphatic carbocycles. The number of benzene rings is 1. The van der Waals surface area contributed by atoms with Crippen molar-refractivity contribution in [3.63, 3.8) is 0 Å². The van der Waals surface area contributed by atoms with E-state index in [-0.39, 0.29) is 11.1 Å². The highest BCUT2D eigenvalue weighted by Crippen LogP contribution is 2.24. The number of aryl methyl sites for hydroxylation is 1. The fourth-order valence-electron chi connectivity index (χ4n) is 3.72. The maximum atomic E-state index is 12.4. The van der Waals surface area contributed by atoms with Gasteiger partial charge in [0.2, 0.25) is 10.0 Å². The quantitative estimate of drug-likeness (QED) is 0.350. The molecule has 0 bridgehead atoms. The van der Waals surface area contributed by atoms with Crippen molar-refractivity contribution in [1.29, 1.82) is 0 Å². The highest BCUT2D eigenvalue weighted by atomic mass is 35.5. The first-order valence-electron chi connectivity index (χ1n) is 11.0. The van der Waals surface area contributed by atoms with Crippen LogP contribution >= 0.6 is 11.6 Å². The van der Waals surface area contributed by atoms with Gasteiger partial charge in [0, 0.05) is 24.0 Å². The summed E-state index contributed by atoms with van der Waals surface area (Å²) in [5.41, 5.74) is 1.25. The average Bonchev–Trinajstić information content (AvgIpc) is 3.31. The summed E-state index contributed by atoms with van der Waals surface area (Å²) in [6.45, 7) is 0.415. The lowest BCUT2D eigenvalue weighted by molar-refractivity contribution is 0.370. The van der Waals surface area contributed by atoms with Gasteiger partial charge >= 0.3 is 0 Å². The summed E-state index contributed by atoms with van der Waals surface area (Å²) in [6, 6.07) is 10.3. The Morgan fingerprint density at radius 1 is 0.969 bits per heavy atom. The van der Waals surface area contributed by atoms with Gasteiger partial charge in [0.15, 0.2) is 6.17 Å². The van der Waals surface area contributed by atoms with Gasteiger partial charge in [0.25, 0.3) is 0 Å². The number of rotatable bonds is 14. The predicted molar refractivity (Wildman–Crippen MR) is 124 cm³/mol. The van der Waals surface area contributed by atoms with Crippen LogP contribution in [0.25, 0.3) is 0 Å². The molecule has 1 unspecified atom stereocenters. The van der Waals surface area contributed by atoms with Crippen LogP contribution in [-0.4, -0.2) is 26.1 Å². The molecule has 1 aliphatic heterocycles. The van der Waals surface area contributed by atoms with Gasteiger partial charge in [-0.3, -0.25) is 4.98 Å². The summed E-state index contributed by atoms with van der Waals surface area (Å²) in [5.74, 6) is 0.533. The van der Waals surface area contributed by atoms with Crippen LogP contribution in [0, 0.1) is 5.92 Å². The molecule has 1 atom stereocenters. The Morgan fingerprint density at radius 2 is 1.72 bits per heavy atom. The molecule has 0 spiro atoms. The van der Waals surface area contributed by atoms with E-state index in [1.54, 1.807) is 18.3 Å². The second-order valence-corrected chi connectivity index (χ2v) is 10.1. The van der Waals surface area contributed by atoms with E-state index in [4.69, 9.17) is 11.6 Å². The predicted octanol–water partition coefficient (Wildman–Crippen LogP) is 5.76. The summed E-state index contributed by atoms with van der Waals surface area (Å²) in [7, 11) is -3.50. The maximum Gasteiger partial charge on any atom is 0.240 e. The van der Waals surface area contributed by atoms with Gasteiger partial charge in [-0.05, 0) is 84.4 Å². The van der Waals surface area contributed by atoms with Crippen molar-refractivity contribution in [2.75, 3.05) is 6.54 Å². The number of hydrogen-bond donors (Lipinski definition) is 1. The van der Waals surface area contributed by atoms with Crippen LogP contribution in [0.15, 0.2) is 74.4 Å². The first kappa shape index (κ1) is 24.4. The maximum absolute atomic E-state index is 12.4. The molecule has 8 nitrogen and oxygen atoms in total. The van der Waals surface area contributed by atoms with Gasteiger partial charge in [-0.1, -0.05) is 36.9 Å². The van der Waals surface area contributed by atoms with Crippen LogP contribution in [0.4, 0.5) is 0 Å². The number of halogens is 1. The smallest absolute Gasteiger partial charge is 0.240 e. The molecule has 0 saturated heterocycles. The number of hydrogen-bond acceptors (Lipinski definition) is 7. The Balaban J connectivity index is 1.40. The Kier molecular flexibility index (Phi) is 9.70. The molecule has 0 fully saturated rings. The van der Waals surface area contributed by atoms with Crippen molar-refractivity contribution in [3.8, 4) is 0 Å². The molecule has 0 radical (unpaired) electrons. The number of unbranched alkanes of at least 4 members (excludes halogenated alkanes) is 1. The zero-order valence-corrected chi connectivity index (χ0v) is 19.5. The van der Waals surface area contributed by atoms with Crippen LogP contribution < -0.4 is 4.72 Å². The minimum absolute atomic E-state index is 0.151. The zero-order chi connectivity index (χ0) is 22.7. The zero-order valence-electron chi connectivity index (χ0n) is 18.0. The molecule has 3 rings (SSSR count). The van der Waals surface area contributed by atoms with Crippen molar-refractivity contribution in [1.82, 2.24) is 9.71 Å². The van der Waals surface area contributed by atoms with E-state index in [2.05, 4.69) is 36.4 Å². The second-order valence-electron chi connectivity index (χ2n) is 7.93. The molecule has 2 heterocycles. The van der Waals surface area contributed by atoms with Crippen LogP contribution in [0.2, 0.25) is 5.02 Å². The Hall–Kier alpha value is -2.23. The lowest BCUT2D eigenvalue weighted by Crippen LogP contribution is -2.24. The Bertz CT molecular complexity index is 971. The summed E-state index contributed by atoms with van der Waals surface area (Å²) in [5, 5.41) is 15.7. The lowest BCUT2D eigenvalue weighted by atomic mass is 9.90. The van der Waals surface area contributed by atoms with E-state index >= 15 is 0 Å². The van der Waals surface area contributed by atoms with Crippen molar-refractivity contribution in [2.45, 2.75) is 62.4 Å². The van der Waals surface area contributed by atoms with E-state index < -0.39 is 10.0 Å². The van der Waals surface area contributed by atoms with E-state index in [1.807, 2.05) is 12.3 Å². The van der Waals surface area contributed by atoms with Crippen molar-refractivity contribution < 1.29 is 8.42 Å². The highest BCUT2D eigenvalue weighted by Gasteiger charge is 2.16. The number of pyridine rings is 1. The molecule has 1 N–H and O–H groups in total. The first-order valence-corrected chi connectivity index (χ1v) is 12.8. The number of nitrogens with one attached hydrogen (secondary N) is 1. The highest BCUT2D eigenvalue weighted by molar-refractivity contribution is 7.89. The molecule has 2 aromatic rings. The molecule has 10 heteroatoms. The molecular formula is C22H29ClN6O2S. The average molecular weight is 477 g/mol. The Morgan fingerprint density at radius 3 is 2.44 bits per heavy atom. The first-order chi connectivity index (χ1) is 15.5. The topological polar surface area (TPSA) is 108 Å². The number of aromatic nitrogens is 1. The SMILES string of the molecule is O=S(=O)(NCCCCC(CCCc1cccnc1)CCC1N=NN=N1)c1ccc(Cl)cc1. The largest absolute Gasteiger partial charge is 0.264 e. The molecule has 1 aromatic carbocycles. The van der Waals surface area contributed by atoms with Gasteiger partial charge < -0.3 is 0 Å². The monoisotopic (exact) mass is 476 g/mol. The van der Waals surface area contributed by atoms with E-state index in [0.717, 1.165) is 51.4 Å². The fourth-order valence-corrected chi connectivity index (χ4v) is 4.92. The fraction of sp³-hybridized carbons (Fsp3) is 0.500. The van der Waals surface area contributed by atoms with Crippen LogP contribution in [0.1, 0.15) is 50.5 Å². The minimum atomic E-state index is -3.50. The van der Waals surface area contributed by atoms with Crippen molar-refractivity contribution >= 4 is 21.6 Å². The van der Waals surface area contributed by atoms with Gasteiger partial charge in [0.1, 0.15) is 0 Å². The molecule has 1 aromatic heterocycles. The van der Waals surface area contributed by atoms with Gasteiger partial charge in [-0.2, -0.15) is 0 Å². The molecule has 32 heavy (non-hydrogen) atoms. The number of nitrogens with zero attached hydrogens (tertiary/aromatic N) is 5. The van der Waals surface area contributed by atoms with Gasteiger partial charge in [-0.15, -0.1) is 10.2 Å².